The Morgan fingerprint density at radius 3 is 2.64 bits per heavy atom. The predicted molar refractivity (Wildman–Crippen MR) is 111 cm³/mol. The summed E-state index contributed by atoms with van der Waals surface area (Å²) in [6, 6.07) is 11.5. The normalized spacial score (nSPS) is 17.1. The molecule has 146 valence electrons. The highest BCUT2D eigenvalue weighted by Crippen LogP contribution is 2.38. The van der Waals surface area contributed by atoms with Gasteiger partial charge in [0.05, 0.1) is 23.8 Å². The fourth-order valence-corrected chi connectivity index (χ4v) is 3.60. The maximum atomic E-state index is 13.4. The Morgan fingerprint density at radius 1 is 1.21 bits per heavy atom. The molecule has 2 aromatic rings. The number of nitrogens with zero attached hydrogens (tertiary/aromatic N) is 2. The maximum Gasteiger partial charge on any atom is 0.266 e. The smallest absolute Gasteiger partial charge is 0.266 e. The van der Waals surface area contributed by atoms with Gasteiger partial charge in [0.15, 0.2) is 16.7 Å². The zero-order chi connectivity index (χ0) is 20.3. The van der Waals surface area contributed by atoms with E-state index in [1.807, 2.05) is 32.0 Å². The molecule has 0 spiro atoms. The van der Waals surface area contributed by atoms with Crippen molar-refractivity contribution in [2.24, 2.45) is 4.99 Å². The van der Waals surface area contributed by atoms with Gasteiger partial charge in [0.1, 0.15) is 5.82 Å². The summed E-state index contributed by atoms with van der Waals surface area (Å²) in [7, 11) is 3.22. The third-order valence-corrected chi connectivity index (χ3v) is 4.97. The number of carbonyl (C=O) groups excluding carboxylic acids is 1. The standard InChI is InChI=1S/C21H21FN2O3S/c1-13(2)27-19-14(7-5-10-17(19)26-4)11-18-20(25)24(3)21(28-18)23-16-9-6-8-15(22)12-16/h5-13H,1-4H3/b18-11-,23-21?. The highest BCUT2D eigenvalue weighted by atomic mass is 32.2. The number of aliphatic imine (C=N–C) groups is 1. The van der Waals surface area contributed by atoms with Crippen molar-refractivity contribution >= 4 is 34.6 Å². The molecule has 0 aliphatic carbocycles. The van der Waals surface area contributed by atoms with Gasteiger partial charge in [0, 0.05) is 12.6 Å². The van der Waals surface area contributed by atoms with Crippen molar-refractivity contribution in [2.75, 3.05) is 14.2 Å². The molecule has 0 bridgehead atoms. The van der Waals surface area contributed by atoms with Crippen LogP contribution in [0, 0.1) is 5.82 Å². The summed E-state index contributed by atoms with van der Waals surface area (Å²) in [6.45, 7) is 3.85. The van der Waals surface area contributed by atoms with Crippen LogP contribution in [0.3, 0.4) is 0 Å². The topological polar surface area (TPSA) is 51.1 Å². The Kier molecular flexibility index (Phi) is 6.04. The van der Waals surface area contributed by atoms with Crippen LogP contribution >= 0.6 is 11.8 Å². The molecular formula is C21H21FN2O3S. The number of likely N-dealkylation sites (N-methyl/N-ethyl adjacent to an activating group) is 1. The lowest BCUT2D eigenvalue weighted by molar-refractivity contribution is -0.121. The molecule has 2 aromatic carbocycles. The number of carbonyl (C=O) groups is 1. The number of ether oxygens (including phenoxy) is 2. The van der Waals surface area contributed by atoms with E-state index in [0.717, 1.165) is 5.56 Å². The molecule has 1 aliphatic heterocycles. The average molecular weight is 400 g/mol. The van der Waals surface area contributed by atoms with Crippen LogP contribution in [0.2, 0.25) is 0 Å². The van der Waals surface area contributed by atoms with Gasteiger partial charge >= 0.3 is 0 Å². The third kappa shape index (κ3) is 4.36. The summed E-state index contributed by atoms with van der Waals surface area (Å²) < 4.78 is 24.7. The van der Waals surface area contributed by atoms with E-state index in [9.17, 15) is 9.18 Å². The molecule has 1 heterocycles. The monoisotopic (exact) mass is 400 g/mol. The highest BCUT2D eigenvalue weighted by molar-refractivity contribution is 8.18. The SMILES string of the molecule is COc1cccc(/C=C2\SC(=Nc3cccc(F)c3)N(C)C2=O)c1OC(C)C. The van der Waals surface area contributed by atoms with E-state index in [2.05, 4.69) is 4.99 Å². The zero-order valence-electron chi connectivity index (χ0n) is 16.1. The Labute approximate surface area is 167 Å². The molecule has 1 fully saturated rings. The summed E-state index contributed by atoms with van der Waals surface area (Å²) in [5.74, 6) is 0.625. The molecule has 3 rings (SSSR count). The molecule has 1 saturated heterocycles. The fourth-order valence-electron chi connectivity index (χ4n) is 2.62. The lowest BCUT2D eigenvalue weighted by atomic mass is 10.1. The Morgan fingerprint density at radius 2 is 1.96 bits per heavy atom. The summed E-state index contributed by atoms with van der Waals surface area (Å²) in [5, 5.41) is 0.482. The molecule has 0 aromatic heterocycles. The van der Waals surface area contributed by atoms with E-state index in [-0.39, 0.29) is 17.8 Å². The van der Waals surface area contributed by atoms with Crippen LogP contribution in [0.5, 0.6) is 11.5 Å². The van der Waals surface area contributed by atoms with Crippen molar-refractivity contribution in [3.05, 3.63) is 58.8 Å². The minimum Gasteiger partial charge on any atom is -0.493 e. The van der Waals surface area contributed by atoms with Crippen LogP contribution in [0.1, 0.15) is 19.4 Å². The van der Waals surface area contributed by atoms with Crippen LogP contribution in [-0.2, 0) is 4.79 Å². The van der Waals surface area contributed by atoms with E-state index in [4.69, 9.17) is 9.47 Å². The number of benzene rings is 2. The molecule has 7 heteroatoms. The van der Waals surface area contributed by atoms with Gasteiger partial charge in [-0.2, -0.15) is 0 Å². The summed E-state index contributed by atoms with van der Waals surface area (Å²) in [4.78, 5) is 19.0. The number of para-hydroxylation sites is 1. The Hall–Kier alpha value is -2.80. The van der Waals surface area contributed by atoms with Crippen LogP contribution < -0.4 is 9.47 Å². The molecule has 0 N–H and O–H groups in total. The highest BCUT2D eigenvalue weighted by Gasteiger charge is 2.31. The number of halogens is 1. The number of rotatable bonds is 5. The first-order valence-electron chi connectivity index (χ1n) is 8.74. The molecule has 0 atom stereocenters. The van der Waals surface area contributed by atoms with Gasteiger partial charge in [-0.25, -0.2) is 9.38 Å². The van der Waals surface area contributed by atoms with Crippen molar-refractivity contribution in [3.63, 3.8) is 0 Å². The van der Waals surface area contributed by atoms with Crippen molar-refractivity contribution in [2.45, 2.75) is 20.0 Å². The van der Waals surface area contributed by atoms with Crippen LogP contribution in [0.15, 0.2) is 52.4 Å². The van der Waals surface area contributed by atoms with Gasteiger partial charge in [-0.15, -0.1) is 0 Å². The second-order valence-corrected chi connectivity index (χ2v) is 7.40. The second kappa shape index (κ2) is 8.48. The number of methoxy groups -OCH3 is 1. The van der Waals surface area contributed by atoms with Gasteiger partial charge in [0.25, 0.3) is 5.91 Å². The lowest BCUT2D eigenvalue weighted by Gasteiger charge is -2.16. The molecule has 0 saturated carbocycles. The Balaban J connectivity index is 1.96. The molecule has 1 amide bonds. The van der Waals surface area contributed by atoms with Crippen molar-refractivity contribution in [3.8, 4) is 11.5 Å². The first kappa shape index (κ1) is 19.9. The number of amides is 1. The van der Waals surface area contributed by atoms with Crippen LogP contribution in [-0.4, -0.2) is 36.2 Å². The largest absolute Gasteiger partial charge is 0.493 e. The minimum atomic E-state index is -0.374. The van der Waals surface area contributed by atoms with E-state index < -0.39 is 0 Å². The van der Waals surface area contributed by atoms with E-state index in [0.29, 0.717) is 27.3 Å². The van der Waals surface area contributed by atoms with Gasteiger partial charge in [-0.1, -0.05) is 18.2 Å². The summed E-state index contributed by atoms with van der Waals surface area (Å²) in [6.07, 6.45) is 1.71. The molecule has 5 nitrogen and oxygen atoms in total. The Bertz CT molecular complexity index is 956. The predicted octanol–water partition coefficient (Wildman–Crippen LogP) is 4.86. The van der Waals surface area contributed by atoms with Crippen LogP contribution in [0.4, 0.5) is 10.1 Å². The van der Waals surface area contributed by atoms with Gasteiger partial charge < -0.3 is 9.47 Å². The van der Waals surface area contributed by atoms with Gasteiger partial charge in [-0.05, 0) is 56.0 Å². The molecular weight excluding hydrogens is 379 g/mol. The summed E-state index contributed by atoms with van der Waals surface area (Å²) >= 11 is 1.23. The number of hydrogen-bond donors (Lipinski definition) is 0. The summed E-state index contributed by atoms with van der Waals surface area (Å²) in [5.41, 5.74) is 1.19. The average Bonchev–Trinajstić information content (AvgIpc) is 2.90. The van der Waals surface area contributed by atoms with Crippen molar-refractivity contribution < 1.29 is 18.7 Å². The van der Waals surface area contributed by atoms with E-state index >= 15 is 0 Å². The minimum absolute atomic E-state index is 0.0480. The zero-order valence-corrected chi connectivity index (χ0v) is 16.9. The second-order valence-electron chi connectivity index (χ2n) is 6.39. The lowest BCUT2D eigenvalue weighted by Crippen LogP contribution is -2.23. The molecule has 0 radical (unpaired) electrons. The third-order valence-electron chi connectivity index (χ3n) is 3.91. The van der Waals surface area contributed by atoms with Crippen molar-refractivity contribution in [1.82, 2.24) is 4.90 Å². The van der Waals surface area contributed by atoms with E-state index in [1.165, 1.54) is 28.8 Å². The van der Waals surface area contributed by atoms with Gasteiger partial charge in [0.2, 0.25) is 0 Å². The maximum absolute atomic E-state index is 13.4. The fraction of sp³-hybridized carbons (Fsp3) is 0.238. The molecule has 1 aliphatic rings. The first-order valence-corrected chi connectivity index (χ1v) is 9.56. The van der Waals surface area contributed by atoms with Gasteiger partial charge in [-0.3, -0.25) is 9.69 Å². The van der Waals surface area contributed by atoms with E-state index in [1.54, 1.807) is 32.4 Å². The first-order chi connectivity index (χ1) is 13.4. The molecule has 0 unspecified atom stereocenters. The number of thioether (sulfide) groups is 1. The number of hydrogen-bond acceptors (Lipinski definition) is 5. The van der Waals surface area contributed by atoms with Crippen LogP contribution in [0.25, 0.3) is 6.08 Å². The van der Waals surface area contributed by atoms with Crippen molar-refractivity contribution in [1.29, 1.82) is 0 Å². The quantitative estimate of drug-likeness (QED) is 0.673. The molecule has 28 heavy (non-hydrogen) atoms. The number of amidine groups is 1.